The van der Waals surface area contributed by atoms with Crippen molar-refractivity contribution in [3.8, 4) is 5.88 Å². The minimum atomic E-state index is 0.538. The molecule has 18 heavy (non-hydrogen) atoms. The van der Waals surface area contributed by atoms with E-state index in [1.807, 2.05) is 13.0 Å². The molecule has 0 aliphatic carbocycles. The largest absolute Gasteiger partial charge is 0.478 e. The number of rotatable bonds is 9. The molecule has 0 unspecified atom stereocenters. The molecule has 1 heterocycles. The molecule has 3 N–H and O–H groups in total. The summed E-state index contributed by atoms with van der Waals surface area (Å²) in [6, 6.07) is 1.83. The van der Waals surface area contributed by atoms with Crippen molar-refractivity contribution in [2.45, 2.75) is 20.3 Å². The van der Waals surface area contributed by atoms with E-state index in [1.165, 1.54) is 0 Å². The van der Waals surface area contributed by atoms with Crippen molar-refractivity contribution in [3.63, 3.8) is 0 Å². The number of ether oxygens (including phenoxy) is 2. The minimum Gasteiger partial charge on any atom is -0.478 e. The van der Waals surface area contributed by atoms with Crippen LogP contribution in [0.5, 0.6) is 5.88 Å². The predicted octanol–water partition coefficient (Wildman–Crippen LogP) is 0.961. The first-order valence-corrected chi connectivity index (χ1v) is 6.26. The number of anilines is 1. The number of nitrogens with zero attached hydrogens (tertiary/aromatic N) is 2. The van der Waals surface area contributed by atoms with Crippen LogP contribution in [0, 0.1) is 6.92 Å². The molecule has 1 aromatic rings. The van der Waals surface area contributed by atoms with Crippen molar-refractivity contribution in [1.82, 2.24) is 9.97 Å². The van der Waals surface area contributed by atoms with Crippen LogP contribution >= 0.6 is 0 Å². The summed E-state index contributed by atoms with van der Waals surface area (Å²) in [4.78, 5) is 8.54. The van der Waals surface area contributed by atoms with Crippen LogP contribution in [0.25, 0.3) is 0 Å². The standard InChI is InChI=1S/C12H22N4O2/c1-3-6-18-11-9-10(2)15-12(16-11)14-5-8-17-7-4-13/h9H,3-8,13H2,1-2H3,(H,14,15,16). The molecule has 0 amide bonds. The van der Waals surface area contributed by atoms with Crippen LogP contribution in [0.15, 0.2) is 6.07 Å². The van der Waals surface area contributed by atoms with Crippen molar-refractivity contribution in [1.29, 1.82) is 0 Å². The molecule has 102 valence electrons. The van der Waals surface area contributed by atoms with Gasteiger partial charge in [-0.05, 0) is 13.3 Å². The van der Waals surface area contributed by atoms with Gasteiger partial charge in [-0.15, -0.1) is 0 Å². The van der Waals surface area contributed by atoms with Gasteiger partial charge in [-0.1, -0.05) is 6.92 Å². The van der Waals surface area contributed by atoms with Crippen LogP contribution < -0.4 is 15.8 Å². The van der Waals surface area contributed by atoms with E-state index < -0.39 is 0 Å². The maximum Gasteiger partial charge on any atom is 0.226 e. The highest BCUT2D eigenvalue weighted by Gasteiger charge is 2.02. The van der Waals surface area contributed by atoms with Gasteiger partial charge in [-0.2, -0.15) is 4.98 Å². The molecule has 0 atom stereocenters. The molecule has 6 heteroatoms. The molecule has 0 saturated heterocycles. The Kier molecular flexibility index (Phi) is 7.05. The molecular weight excluding hydrogens is 232 g/mol. The monoisotopic (exact) mass is 254 g/mol. The molecule has 1 rings (SSSR count). The van der Waals surface area contributed by atoms with E-state index >= 15 is 0 Å². The average Bonchev–Trinajstić information content (AvgIpc) is 2.35. The topological polar surface area (TPSA) is 82.3 Å². The molecule has 0 spiro atoms. The Bertz CT molecular complexity index is 347. The SMILES string of the molecule is CCCOc1cc(C)nc(NCCOCCN)n1. The van der Waals surface area contributed by atoms with Crippen molar-refractivity contribution < 1.29 is 9.47 Å². The maximum atomic E-state index is 5.48. The lowest BCUT2D eigenvalue weighted by atomic mass is 10.4. The van der Waals surface area contributed by atoms with Gasteiger partial charge in [0.1, 0.15) is 0 Å². The molecule has 0 aromatic carbocycles. The fraction of sp³-hybridized carbons (Fsp3) is 0.667. The van der Waals surface area contributed by atoms with Crippen molar-refractivity contribution in [2.24, 2.45) is 5.73 Å². The summed E-state index contributed by atoms with van der Waals surface area (Å²) in [5.41, 5.74) is 6.20. The van der Waals surface area contributed by atoms with E-state index in [4.69, 9.17) is 15.2 Å². The summed E-state index contributed by atoms with van der Waals surface area (Å²) < 4.78 is 10.7. The molecule has 0 aliphatic rings. The van der Waals surface area contributed by atoms with E-state index in [9.17, 15) is 0 Å². The highest BCUT2D eigenvalue weighted by atomic mass is 16.5. The molecule has 0 radical (unpaired) electrons. The van der Waals surface area contributed by atoms with Crippen molar-refractivity contribution in [3.05, 3.63) is 11.8 Å². The first-order chi connectivity index (χ1) is 8.76. The average molecular weight is 254 g/mol. The fourth-order valence-corrected chi connectivity index (χ4v) is 1.32. The smallest absolute Gasteiger partial charge is 0.226 e. The zero-order valence-corrected chi connectivity index (χ0v) is 11.1. The molecular formula is C12H22N4O2. The Morgan fingerprint density at radius 2 is 2.11 bits per heavy atom. The summed E-state index contributed by atoms with van der Waals surface area (Å²) in [7, 11) is 0. The number of hydrogen-bond donors (Lipinski definition) is 2. The van der Waals surface area contributed by atoms with Gasteiger partial charge < -0.3 is 20.5 Å². The normalized spacial score (nSPS) is 10.4. The maximum absolute atomic E-state index is 5.48. The zero-order valence-electron chi connectivity index (χ0n) is 11.1. The van der Waals surface area contributed by atoms with Crippen LogP contribution in [0.3, 0.4) is 0 Å². The Morgan fingerprint density at radius 3 is 2.83 bits per heavy atom. The summed E-state index contributed by atoms with van der Waals surface area (Å²) in [6.45, 7) is 6.97. The van der Waals surface area contributed by atoms with Gasteiger partial charge in [-0.3, -0.25) is 0 Å². The molecule has 0 saturated carbocycles. The Labute approximate surface area is 108 Å². The van der Waals surface area contributed by atoms with Crippen LogP contribution in [-0.2, 0) is 4.74 Å². The Hall–Kier alpha value is -1.40. The summed E-state index contributed by atoms with van der Waals surface area (Å²) in [5, 5.41) is 3.09. The van der Waals surface area contributed by atoms with Gasteiger partial charge in [0.15, 0.2) is 0 Å². The van der Waals surface area contributed by atoms with E-state index in [1.54, 1.807) is 0 Å². The first-order valence-electron chi connectivity index (χ1n) is 6.26. The van der Waals surface area contributed by atoms with Gasteiger partial charge in [0.25, 0.3) is 0 Å². The van der Waals surface area contributed by atoms with E-state index in [0.29, 0.717) is 44.7 Å². The summed E-state index contributed by atoms with van der Waals surface area (Å²) in [6.07, 6.45) is 0.957. The molecule has 0 bridgehead atoms. The third-order valence-electron chi connectivity index (χ3n) is 2.08. The predicted molar refractivity (Wildman–Crippen MR) is 70.9 cm³/mol. The quantitative estimate of drug-likeness (QED) is 0.639. The van der Waals surface area contributed by atoms with Crippen LogP contribution in [0.4, 0.5) is 5.95 Å². The zero-order chi connectivity index (χ0) is 13.2. The lowest BCUT2D eigenvalue weighted by molar-refractivity contribution is 0.151. The van der Waals surface area contributed by atoms with Crippen LogP contribution in [-0.4, -0.2) is 42.9 Å². The number of nitrogens with one attached hydrogen (secondary N) is 1. The minimum absolute atomic E-state index is 0.538. The van der Waals surface area contributed by atoms with E-state index in [-0.39, 0.29) is 0 Å². The summed E-state index contributed by atoms with van der Waals surface area (Å²) in [5.74, 6) is 1.17. The number of nitrogens with two attached hydrogens (primary N) is 1. The van der Waals surface area contributed by atoms with Gasteiger partial charge in [-0.25, -0.2) is 4.98 Å². The summed E-state index contributed by atoms with van der Waals surface area (Å²) >= 11 is 0. The second-order valence-corrected chi connectivity index (χ2v) is 3.85. The Balaban J connectivity index is 2.41. The highest BCUT2D eigenvalue weighted by molar-refractivity contribution is 5.30. The highest BCUT2D eigenvalue weighted by Crippen LogP contribution is 2.11. The van der Waals surface area contributed by atoms with Gasteiger partial charge in [0.05, 0.1) is 19.8 Å². The molecule has 0 aliphatic heterocycles. The Morgan fingerprint density at radius 1 is 1.28 bits per heavy atom. The van der Waals surface area contributed by atoms with Crippen LogP contribution in [0.1, 0.15) is 19.0 Å². The van der Waals surface area contributed by atoms with Gasteiger partial charge in [0, 0.05) is 24.8 Å². The van der Waals surface area contributed by atoms with Crippen LogP contribution in [0.2, 0.25) is 0 Å². The van der Waals surface area contributed by atoms with E-state index in [0.717, 1.165) is 12.1 Å². The number of aromatic nitrogens is 2. The third-order valence-corrected chi connectivity index (χ3v) is 2.08. The molecule has 6 nitrogen and oxygen atoms in total. The third kappa shape index (κ3) is 5.79. The van der Waals surface area contributed by atoms with Crippen molar-refractivity contribution >= 4 is 5.95 Å². The second-order valence-electron chi connectivity index (χ2n) is 3.85. The van der Waals surface area contributed by atoms with E-state index in [2.05, 4.69) is 22.2 Å². The molecule has 0 fully saturated rings. The fourth-order valence-electron chi connectivity index (χ4n) is 1.32. The van der Waals surface area contributed by atoms with Gasteiger partial charge in [0.2, 0.25) is 11.8 Å². The lowest BCUT2D eigenvalue weighted by Gasteiger charge is -2.09. The second kappa shape index (κ2) is 8.66. The number of aryl methyl sites for hydroxylation is 1. The molecule has 1 aromatic heterocycles. The van der Waals surface area contributed by atoms with Crippen molar-refractivity contribution in [2.75, 3.05) is 38.2 Å². The first kappa shape index (κ1) is 14.7. The van der Waals surface area contributed by atoms with Gasteiger partial charge >= 0.3 is 0 Å². The number of hydrogen-bond acceptors (Lipinski definition) is 6. The lowest BCUT2D eigenvalue weighted by Crippen LogP contribution is -2.15.